The minimum atomic E-state index is -0.00463. The predicted octanol–water partition coefficient (Wildman–Crippen LogP) is 0.955. The van der Waals surface area contributed by atoms with Crippen molar-refractivity contribution in [3.05, 3.63) is 12.7 Å². The molecule has 0 aromatic heterocycles. The monoisotopic (exact) mass is 83.0 g/mol. The van der Waals surface area contributed by atoms with Crippen molar-refractivity contribution in [2.45, 2.75) is 13.3 Å². The molecule has 0 spiro atoms. The van der Waals surface area contributed by atoms with Crippen LogP contribution in [-0.4, -0.2) is 5.78 Å². The summed E-state index contributed by atoms with van der Waals surface area (Å²) in [6, 6.07) is 0. The van der Waals surface area contributed by atoms with Crippen LogP contribution in [0.15, 0.2) is 6.08 Å². The molecule has 1 radical (unpaired) electrons. The van der Waals surface area contributed by atoms with E-state index >= 15 is 0 Å². The van der Waals surface area contributed by atoms with Gasteiger partial charge in [0, 0.05) is 6.42 Å². The van der Waals surface area contributed by atoms with Gasteiger partial charge >= 0.3 is 0 Å². The Bertz CT molecular complexity index is 64.3. The molecule has 1 heteroatoms. The summed E-state index contributed by atoms with van der Waals surface area (Å²) in [6.07, 6.45) is 1.59. The molecular formula is C5H7O. The van der Waals surface area contributed by atoms with Crippen LogP contribution in [0.4, 0.5) is 0 Å². The lowest BCUT2D eigenvalue weighted by Gasteiger charge is -1.75. The van der Waals surface area contributed by atoms with Gasteiger partial charge in [-0.15, -0.1) is 0 Å². The Balaban J connectivity index is 3.23. The van der Waals surface area contributed by atoms with Crippen LogP contribution in [0, 0.1) is 6.58 Å². The minimum Gasteiger partial charge on any atom is -0.295 e. The molecule has 0 heterocycles. The number of hydrogen-bond donors (Lipinski definition) is 0. The standard InChI is InChI=1S/C5H7O/c1-3-5(6)4-2/h1,3H,4H2,2H3. The summed E-state index contributed by atoms with van der Waals surface area (Å²) in [6.45, 7) is 6.58. The van der Waals surface area contributed by atoms with Gasteiger partial charge in [-0.1, -0.05) is 13.5 Å². The van der Waals surface area contributed by atoms with Crippen LogP contribution in [0.5, 0.6) is 0 Å². The summed E-state index contributed by atoms with van der Waals surface area (Å²) in [7, 11) is 0. The molecule has 0 N–H and O–H groups in total. The summed E-state index contributed by atoms with van der Waals surface area (Å²) in [5, 5.41) is 0. The van der Waals surface area contributed by atoms with Crippen LogP contribution in [0.1, 0.15) is 13.3 Å². The van der Waals surface area contributed by atoms with Crippen LogP contribution in [0.3, 0.4) is 0 Å². The number of carbonyl (C=O) groups is 1. The van der Waals surface area contributed by atoms with Crippen LogP contribution in [-0.2, 0) is 4.79 Å². The fraction of sp³-hybridized carbons (Fsp3) is 0.400. The molecule has 0 fully saturated rings. The molecule has 0 aliphatic heterocycles. The van der Waals surface area contributed by atoms with Crippen molar-refractivity contribution in [1.29, 1.82) is 0 Å². The molecule has 0 aliphatic rings. The molecule has 0 saturated heterocycles. The fourth-order valence-electron chi connectivity index (χ4n) is 0.118. The third kappa shape index (κ3) is 1.70. The van der Waals surface area contributed by atoms with Gasteiger partial charge in [0.25, 0.3) is 0 Å². The summed E-state index contributed by atoms with van der Waals surface area (Å²) in [4.78, 5) is 10.0. The Hall–Kier alpha value is -0.590. The van der Waals surface area contributed by atoms with Gasteiger partial charge in [-0.2, -0.15) is 0 Å². The van der Waals surface area contributed by atoms with E-state index in [0.717, 1.165) is 6.08 Å². The largest absolute Gasteiger partial charge is 0.295 e. The molecule has 0 atom stereocenters. The molecule has 0 aliphatic carbocycles. The minimum absolute atomic E-state index is 0.00463. The van der Waals surface area contributed by atoms with Crippen LogP contribution in [0.2, 0.25) is 0 Å². The smallest absolute Gasteiger partial charge is 0.155 e. The molecule has 0 unspecified atom stereocenters. The Morgan fingerprint density at radius 2 is 2.50 bits per heavy atom. The van der Waals surface area contributed by atoms with Crippen LogP contribution < -0.4 is 0 Å². The second-order valence-corrected chi connectivity index (χ2v) is 0.987. The molecule has 6 heavy (non-hydrogen) atoms. The van der Waals surface area contributed by atoms with E-state index in [1.165, 1.54) is 0 Å². The number of allylic oxidation sites excluding steroid dienone is 1. The average molecular weight is 83.1 g/mol. The normalized spacial score (nSPS) is 7.50. The van der Waals surface area contributed by atoms with Gasteiger partial charge in [-0.05, 0) is 6.08 Å². The maximum atomic E-state index is 10.0. The quantitative estimate of drug-likeness (QED) is 0.454. The number of ketones is 1. The Morgan fingerprint density at radius 1 is 2.00 bits per heavy atom. The summed E-state index contributed by atoms with van der Waals surface area (Å²) in [5.41, 5.74) is 0. The van der Waals surface area contributed by atoms with E-state index in [4.69, 9.17) is 6.58 Å². The lowest BCUT2D eigenvalue weighted by atomic mass is 10.3. The highest BCUT2D eigenvalue weighted by Gasteiger charge is 1.82. The molecule has 0 aromatic rings. The zero-order valence-electron chi connectivity index (χ0n) is 3.77. The third-order valence-corrected chi connectivity index (χ3v) is 0.534. The van der Waals surface area contributed by atoms with Crippen molar-refractivity contribution >= 4 is 5.78 Å². The van der Waals surface area contributed by atoms with Crippen LogP contribution in [0.25, 0.3) is 0 Å². The van der Waals surface area contributed by atoms with Crippen molar-refractivity contribution in [1.82, 2.24) is 0 Å². The molecular weight excluding hydrogens is 76.1 g/mol. The van der Waals surface area contributed by atoms with E-state index in [0.29, 0.717) is 6.42 Å². The topological polar surface area (TPSA) is 17.1 Å². The molecule has 1 nitrogen and oxygen atoms in total. The molecule has 0 bridgehead atoms. The van der Waals surface area contributed by atoms with Gasteiger partial charge in [-0.3, -0.25) is 4.79 Å². The van der Waals surface area contributed by atoms with E-state index < -0.39 is 0 Å². The number of carbonyl (C=O) groups excluding carboxylic acids is 1. The molecule has 0 aromatic carbocycles. The zero-order chi connectivity index (χ0) is 4.99. The Kier molecular flexibility index (Phi) is 2.38. The van der Waals surface area contributed by atoms with Crippen molar-refractivity contribution in [3.63, 3.8) is 0 Å². The second-order valence-electron chi connectivity index (χ2n) is 0.987. The fourth-order valence-corrected chi connectivity index (χ4v) is 0.118. The first-order valence-corrected chi connectivity index (χ1v) is 1.89. The van der Waals surface area contributed by atoms with Gasteiger partial charge in [0.05, 0.1) is 0 Å². The summed E-state index contributed by atoms with van der Waals surface area (Å²) >= 11 is 0. The SMILES string of the molecule is [CH]=CC(=O)CC. The highest BCUT2D eigenvalue weighted by molar-refractivity contribution is 5.88. The third-order valence-electron chi connectivity index (χ3n) is 0.534. The van der Waals surface area contributed by atoms with E-state index in [-0.39, 0.29) is 5.78 Å². The average Bonchev–Trinajstić information content (AvgIpc) is 1.65. The number of hydrogen-bond acceptors (Lipinski definition) is 1. The number of rotatable bonds is 2. The molecule has 0 amide bonds. The first-order valence-electron chi connectivity index (χ1n) is 1.89. The highest BCUT2D eigenvalue weighted by Crippen LogP contribution is 1.76. The van der Waals surface area contributed by atoms with E-state index in [1.54, 1.807) is 6.92 Å². The van der Waals surface area contributed by atoms with Crippen molar-refractivity contribution in [3.8, 4) is 0 Å². The summed E-state index contributed by atoms with van der Waals surface area (Å²) < 4.78 is 0. The van der Waals surface area contributed by atoms with Gasteiger partial charge in [-0.25, -0.2) is 0 Å². The molecule has 0 saturated carbocycles. The van der Waals surface area contributed by atoms with E-state index in [1.807, 2.05) is 0 Å². The first kappa shape index (κ1) is 5.41. The first-order chi connectivity index (χ1) is 2.81. The maximum Gasteiger partial charge on any atom is 0.155 e. The van der Waals surface area contributed by atoms with E-state index in [9.17, 15) is 4.79 Å². The van der Waals surface area contributed by atoms with Crippen molar-refractivity contribution < 1.29 is 4.79 Å². The lowest BCUT2D eigenvalue weighted by molar-refractivity contribution is -0.114. The van der Waals surface area contributed by atoms with Gasteiger partial charge in [0.1, 0.15) is 0 Å². The van der Waals surface area contributed by atoms with Gasteiger partial charge in [0.15, 0.2) is 5.78 Å². The van der Waals surface area contributed by atoms with E-state index in [2.05, 4.69) is 0 Å². The lowest BCUT2D eigenvalue weighted by Crippen LogP contribution is -1.83. The molecule has 0 rings (SSSR count). The van der Waals surface area contributed by atoms with Crippen molar-refractivity contribution in [2.75, 3.05) is 0 Å². The predicted molar refractivity (Wildman–Crippen MR) is 24.2 cm³/mol. The zero-order valence-corrected chi connectivity index (χ0v) is 3.77. The van der Waals surface area contributed by atoms with Gasteiger partial charge < -0.3 is 0 Å². The van der Waals surface area contributed by atoms with Crippen molar-refractivity contribution in [2.24, 2.45) is 0 Å². The highest BCUT2D eigenvalue weighted by atomic mass is 16.1. The van der Waals surface area contributed by atoms with Gasteiger partial charge in [0.2, 0.25) is 0 Å². The maximum absolute atomic E-state index is 10.0. The Labute approximate surface area is 37.7 Å². The second kappa shape index (κ2) is 2.64. The van der Waals surface area contributed by atoms with Crippen LogP contribution >= 0.6 is 0 Å². The molecule has 33 valence electrons. The summed E-state index contributed by atoms with van der Waals surface area (Å²) in [5.74, 6) is -0.00463. The Morgan fingerprint density at radius 3 is 2.50 bits per heavy atom.